The number of nitrogens with one attached hydrogen (secondary N) is 1. The van der Waals surface area contributed by atoms with Crippen LogP contribution in [0.25, 0.3) is 10.9 Å². The molecule has 0 aliphatic heterocycles. The van der Waals surface area contributed by atoms with Crippen LogP contribution in [0.3, 0.4) is 0 Å². The van der Waals surface area contributed by atoms with E-state index in [1.165, 1.54) is 18.5 Å². The van der Waals surface area contributed by atoms with Crippen LogP contribution in [0.15, 0.2) is 23.0 Å². The normalized spacial score (nSPS) is 10.6. The van der Waals surface area contributed by atoms with Crippen molar-refractivity contribution >= 4 is 22.6 Å². The number of rotatable bonds is 3. The summed E-state index contributed by atoms with van der Waals surface area (Å²) in [6, 6.07) is 5.19. The molecule has 1 heterocycles. The quantitative estimate of drug-likeness (QED) is 0.877. The Morgan fingerprint density at radius 2 is 2.00 bits per heavy atom. The van der Waals surface area contributed by atoms with Gasteiger partial charge in [0.05, 0.1) is 12.1 Å². The zero-order valence-corrected chi connectivity index (χ0v) is 12.1. The molecule has 1 amide bonds. The molecule has 2 aromatic rings. The minimum Gasteiger partial charge on any atom is -0.506 e. The molecular weight excluding hydrogens is 272 g/mol. The summed E-state index contributed by atoms with van der Waals surface area (Å²) in [4.78, 5) is 35.2. The third kappa shape index (κ3) is 2.65. The Bertz CT molecular complexity index is 805. The van der Waals surface area contributed by atoms with Gasteiger partial charge >= 0.3 is 0 Å². The Labute approximate surface area is 121 Å². The Morgan fingerprint density at radius 1 is 1.33 bits per heavy atom. The molecule has 0 fully saturated rings. The first kappa shape index (κ1) is 14.8. The number of fused-ring (bicyclic) bond motifs is 1. The van der Waals surface area contributed by atoms with Crippen molar-refractivity contribution in [2.24, 2.45) is 7.05 Å². The van der Waals surface area contributed by atoms with Crippen LogP contribution in [0.4, 0.5) is 0 Å². The second-order valence-corrected chi connectivity index (χ2v) is 4.99. The van der Waals surface area contributed by atoms with Crippen LogP contribution in [-0.2, 0) is 11.8 Å². The standard InChI is InChI=1S/C15H16N2O4/c1-8-4-5-10-11(6-8)17(3)15(21)12(13(10)19)14(20)16-7-9(2)18/h4-6,19H,7H2,1-3H3,(H,16,20). The highest BCUT2D eigenvalue weighted by Crippen LogP contribution is 2.26. The highest BCUT2D eigenvalue weighted by atomic mass is 16.3. The van der Waals surface area contributed by atoms with Gasteiger partial charge in [0.15, 0.2) is 0 Å². The topological polar surface area (TPSA) is 88.4 Å². The Morgan fingerprint density at radius 3 is 2.62 bits per heavy atom. The summed E-state index contributed by atoms with van der Waals surface area (Å²) in [6.45, 7) is 3.00. The third-order valence-electron chi connectivity index (χ3n) is 3.25. The van der Waals surface area contributed by atoms with Crippen molar-refractivity contribution in [3.8, 4) is 5.75 Å². The number of aromatic hydroxyl groups is 1. The van der Waals surface area contributed by atoms with Gasteiger partial charge in [-0.2, -0.15) is 0 Å². The summed E-state index contributed by atoms with van der Waals surface area (Å²) in [5.74, 6) is -1.36. The Hall–Kier alpha value is -2.63. The second-order valence-electron chi connectivity index (χ2n) is 4.99. The van der Waals surface area contributed by atoms with Crippen LogP contribution >= 0.6 is 0 Å². The van der Waals surface area contributed by atoms with E-state index in [2.05, 4.69) is 5.32 Å². The molecule has 6 heteroatoms. The van der Waals surface area contributed by atoms with E-state index in [0.29, 0.717) is 10.9 Å². The number of aromatic nitrogens is 1. The molecule has 2 N–H and O–H groups in total. The first-order chi connectivity index (χ1) is 9.82. The SMILES string of the molecule is CC(=O)CNC(=O)c1c(O)c2ccc(C)cc2n(C)c1=O. The van der Waals surface area contributed by atoms with E-state index < -0.39 is 11.5 Å². The molecule has 0 saturated heterocycles. The molecular formula is C15H16N2O4. The van der Waals surface area contributed by atoms with Crippen LogP contribution in [-0.4, -0.2) is 27.9 Å². The second kappa shape index (κ2) is 5.40. The van der Waals surface area contributed by atoms with Gasteiger partial charge in [-0.15, -0.1) is 0 Å². The van der Waals surface area contributed by atoms with E-state index in [0.717, 1.165) is 5.56 Å². The molecule has 0 bridgehead atoms. The van der Waals surface area contributed by atoms with Gasteiger partial charge in [0.2, 0.25) is 0 Å². The zero-order chi connectivity index (χ0) is 15.7. The summed E-state index contributed by atoms with van der Waals surface area (Å²) in [6.07, 6.45) is 0. The van der Waals surface area contributed by atoms with Gasteiger partial charge in [-0.05, 0) is 31.5 Å². The number of hydrogen-bond acceptors (Lipinski definition) is 4. The molecule has 21 heavy (non-hydrogen) atoms. The predicted molar refractivity (Wildman–Crippen MR) is 78.6 cm³/mol. The molecule has 2 rings (SSSR count). The number of carbonyl (C=O) groups is 2. The van der Waals surface area contributed by atoms with Crippen molar-refractivity contribution in [1.82, 2.24) is 9.88 Å². The first-order valence-corrected chi connectivity index (χ1v) is 6.43. The van der Waals surface area contributed by atoms with Crippen LogP contribution in [0, 0.1) is 6.92 Å². The fraction of sp³-hybridized carbons (Fsp3) is 0.267. The van der Waals surface area contributed by atoms with E-state index in [4.69, 9.17) is 0 Å². The van der Waals surface area contributed by atoms with E-state index in [9.17, 15) is 19.5 Å². The maximum absolute atomic E-state index is 12.3. The molecule has 0 radical (unpaired) electrons. The minimum absolute atomic E-state index is 0.187. The average Bonchev–Trinajstić information content (AvgIpc) is 2.42. The number of Topliss-reactive ketones (excluding diaryl/α,β-unsaturated/α-hetero) is 1. The van der Waals surface area contributed by atoms with Crippen LogP contribution in [0.1, 0.15) is 22.8 Å². The number of ketones is 1. The van der Waals surface area contributed by atoms with E-state index >= 15 is 0 Å². The molecule has 1 aromatic carbocycles. The molecule has 0 saturated carbocycles. The number of hydrogen-bond donors (Lipinski definition) is 2. The lowest BCUT2D eigenvalue weighted by Gasteiger charge is -2.12. The predicted octanol–water partition coefficient (Wildman–Crippen LogP) is 0.871. The number of amides is 1. The van der Waals surface area contributed by atoms with Gasteiger partial charge in [0.25, 0.3) is 11.5 Å². The summed E-state index contributed by atoms with van der Waals surface area (Å²) >= 11 is 0. The maximum Gasteiger partial charge on any atom is 0.267 e. The monoisotopic (exact) mass is 288 g/mol. The molecule has 0 unspecified atom stereocenters. The summed E-state index contributed by atoms with van der Waals surface area (Å²) in [5.41, 5.74) is 0.521. The zero-order valence-electron chi connectivity index (χ0n) is 12.1. The third-order valence-corrected chi connectivity index (χ3v) is 3.25. The molecule has 110 valence electrons. The lowest BCUT2D eigenvalue weighted by molar-refractivity contribution is -0.116. The summed E-state index contributed by atoms with van der Waals surface area (Å²) in [5, 5.41) is 13.0. The van der Waals surface area contributed by atoms with Crippen LogP contribution in [0.2, 0.25) is 0 Å². The summed E-state index contributed by atoms with van der Waals surface area (Å²) in [7, 11) is 1.53. The van der Waals surface area contributed by atoms with Gasteiger partial charge < -0.3 is 15.0 Å². The number of nitrogens with zero attached hydrogens (tertiary/aromatic N) is 1. The fourth-order valence-corrected chi connectivity index (χ4v) is 2.13. The highest BCUT2D eigenvalue weighted by Gasteiger charge is 2.21. The fourth-order valence-electron chi connectivity index (χ4n) is 2.13. The Kier molecular flexibility index (Phi) is 3.80. The molecule has 0 spiro atoms. The van der Waals surface area contributed by atoms with Crippen LogP contribution in [0.5, 0.6) is 5.75 Å². The Balaban J connectivity index is 2.65. The van der Waals surface area contributed by atoms with Crippen molar-refractivity contribution in [1.29, 1.82) is 0 Å². The number of aryl methyl sites for hydroxylation is 2. The van der Waals surface area contributed by atoms with Gasteiger partial charge in [-0.3, -0.25) is 14.4 Å². The molecule has 0 atom stereocenters. The summed E-state index contributed by atoms with van der Waals surface area (Å²) < 4.78 is 1.31. The number of benzene rings is 1. The smallest absolute Gasteiger partial charge is 0.267 e. The van der Waals surface area contributed by atoms with Crippen molar-refractivity contribution in [2.45, 2.75) is 13.8 Å². The van der Waals surface area contributed by atoms with Crippen molar-refractivity contribution in [3.63, 3.8) is 0 Å². The average molecular weight is 288 g/mol. The molecule has 1 aromatic heterocycles. The molecule has 0 aliphatic carbocycles. The van der Waals surface area contributed by atoms with Crippen molar-refractivity contribution < 1.29 is 14.7 Å². The molecule has 6 nitrogen and oxygen atoms in total. The first-order valence-electron chi connectivity index (χ1n) is 6.43. The van der Waals surface area contributed by atoms with E-state index in [1.54, 1.807) is 18.2 Å². The number of pyridine rings is 1. The van der Waals surface area contributed by atoms with Crippen LogP contribution < -0.4 is 10.9 Å². The van der Waals surface area contributed by atoms with E-state index in [1.807, 2.05) is 6.92 Å². The van der Waals surface area contributed by atoms with E-state index in [-0.39, 0.29) is 23.6 Å². The maximum atomic E-state index is 12.3. The molecule has 0 aliphatic rings. The largest absolute Gasteiger partial charge is 0.506 e. The van der Waals surface area contributed by atoms with Gasteiger partial charge in [-0.1, -0.05) is 6.07 Å². The minimum atomic E-state index is -0.759. The van der Waals surface area contributed by atoms with Gasteiger partial charge in [0, 0.05) is 12.4 Å². The lowest BCUT2D eigenvalue weighted by atomic mass is 10.1. The van der Waals surface area contributed by atoms with Gasteiger partial charge in [0.1, 0.15) is 17.1 Å². The highest BCUT2D eigenvalue weighted by molar-refractivity contribution is 6.03. The van der Waals surface area contributed by atoms with Crippen molar-refractivity contribution in [2.75, 3.05) is 6.54 Å². The van der Waals surface area contributed by atoms with Gasteiger partial charge in [-0.25, -0.2) is 0 Å². The number of carbonyl (C=O) groups excluding carboxylic acids is 2. The van der Waals surface area contributed by atoms with Crippen molar-refractivity contribution in [3.05, 3.63) is 39.7 Å². The lowest BCUT2D eigenvalue weighted by Crippen LogP contribution is -2.34.